The van der Waals surface area contributed by atoms with E-state index in [4.69, 9.17) is 14.2 Å². The van der Waals surface area contributed by atoms with E-state index in [-0.39, 0.29) is 0 Å². The monoisotopic (exact) mass is 324 g/mol. The van der Waals surface area contributed by atoms with E-state index >= 15 is 0 Å². The van der Waals surface area contributed by atoms with Gasteiger partial charge in [0, 0.05) is 6.08 Å². The minimum absolute atomic E-state index is 0.336. The number of esters is 2. The van der Waals surface area contributed by atoms with Crippen molar-refractivity contribution in [3.05, 3.63) is 79.4 Å². The molecule has 0 aromatic heterocycles. The molecule has 5 nitrogen and oxygen atoms in total. The Morgan fingerprint density at radius 2 is 1.38 bits per heavy atom. The highest BCUT2D eigenvalue weighted by molar-refractivity contribution is 5.91. The van der Waals surface area contributed by atoms with E-state index < -0.39 is 11.9 Å². The van der Waals surface area contributed by atoms with Crippen LogP contribution in [0.5, 0.6) is 17.2 Å². The molecule has 0 heterocycles. The Bertz CT molecular complexity index is 729. The van der Waals surface area contributed by atoms with Gasteiger partial charge < -0.3 is 14.2 Å². The third kappa shape index (κ3) is 4.84. The van der Waals surface area contributed by atoms with Crippen molar-refractivity contribution >= 4 is 11.9 Å². The molecule has 0 unspecified atom stereocenters. The maximum Gasteiger partial charge on any atom is 0.343 e. The van der Waals surface area contributed by atoms with Crippen LogP contribution in [-0.4, -0.2) is 18.5 Å². The van der Waals surface area contributed by atoms with Gasteiger partial charge in [0.05, 0.1) is 5.56 Å². The second kappa shape index (κ2) is 8.33. The van der Waals surface area contributed by atoms with Gasteiger partial charge in [-0.2, -0.15) is 0 Å². The molecule has 2 aromatic rings. The van der Waals surface area contributed by atoms with Gasteiger partial charge in [-0.1, -0.05) is 19.2 Å². The molecule has 0 fully saturated rings. The third-order valence-corrected chi connectivity index (χ3v) is 2.88. The summed E-state index contributed by atoms with van der Waals surface area (Å²) in [5, 5.41) is 0. The lowest BCUT2D eigenvalue weighted by molar-refractivity contribution is -0.128. The number of benzene rings is 2. The summed E-state index contributed by atoms with van der Waals surface area (Å²) >= 11 is 0. The number of rotatable bonds is 7. The number of carbonyl (C=O) groups excluding carboxylic acids is 2. The van der Waals surface area contributed by atoms with Crippen LogP contribution in [0.3, 0.4) is 0 Å². The van der Waals surface area contributed by atoms with Crippen LogP contribution in [-0.2, 0) is 4.79 Å². The standard InChI is InChI=1S/C19H16O5/c1-3-13-22-15-7-5-14(6-8-15)19(21)24-17-11-9-16(10-12-17)23-18(20)4-2/h3-12H,1-2,13H2. The van der Waals surface area contributed by atoms with Crippen molar-refractivity contribution < 1.29 is 23.8 Å². The fraction of sp³-hybridized carbons (Fsp3) is 0.0526. The van der Waals surface area contributed by atoms with Crippen LogP contribution < -0.4 is 14.2 Å². The first-order chi connectivity index (χ1) is 11.6. The van der Waals surface area contributed by atoms with Crippen LogP contribution in [0.15, 0.2) is 73.8 Å². The zero-order valence-corrected chi connectivity index (χ0v) is 12.9. The lowest BCUT2D eigenvalue weighted by Crippen LogP contribution is -2.08. The number of ether oxygens (including phenoxy) is 3. The highest BCUT2D eigenvalue weighted by Gasteiger charge is 2.09. The Labute approximate surface area is 139 Å². The van der Waals surface area contributed by atoms with Gasteiger partial charge in [-0.15, -0.1) is 0 Å². The summed E-state index contributed by atoms with van der Waals surface area (Å²) in [6, 6.07) is 12.7. The molecular formula is C19H16O5. The zero-order chi connectivity index (χ0) is 17.4. The van der Waals surface area contributed by atoms with Crippen LogP contribution in [0.4, 0.5) is 0 Å². The van der Waals surface area contributed by atoms with E-state index in [9.17, 15) is 9.59 Å². The molecule has 0 aliphatic rings. The third-order valence-electron chi connectivity index (χ3n) is 2.88. The molecule has 0 atom stereocenters. The van der Waals surface area contributed by atoms with Crippen LogP contribution >= 0.6 is 0 Å². The first-order valence-corrected chi connectivity index (χ1v) is 7.12. The lowest BCUT2D eigenvalue weighted by Gasteiger charge is -2.07. The van der Waals surface area contributed by atoms with E-state index in [1.165, 1.54) is 24.3 Å². The van der Waals surface area contributed by atoms with Gasteiger partial charge in [0.1, 0.15) is 23.9 Å². The Hall–Kier alpha value is -3.34. The summed E-state index contributed by atoms with van der Waals surface area (Å²) in [6.07, 6.45) is 2.70. The van der Waals surface area contributed by atoms with Crippen molar-refractivity contribution in [1.82, 2.24) is 0 Å². The molecule has 0 spiro atoms. The lowest BCUT2D eigenvalue weighted by atomic mass is 10.2. The van der Waals surface area contributed by atoms with Crippen molar-refractivity contribution in [2.24, 2.45) is 0 Å². The second-order valence-corrected chi connectivity index (χ2v) is 4.61. The smallest absolute Gasteiger partial charge is 0.343 e. The van der Waals surface area contributed by atoms with Gasteiger partial charge in [-0.25, -0.2) is 9.59 Å². The average molecular weight is 324 g/mol. The first-order valence-electron chi connectivity index (χ1n) is 7.12. The van der Waals surface area contributed by atoms with Crippen molar-refractivity contribution in [3.8, 4) is 17.2 Å². The van der Waals surface area contributed by atoms with Gasteiger partial charge in [-0.05, 0) is 48.5 Å². The quantitative estimate of drug-likeness (QED) is 0.337. The van der Waals surface area contributed by atoms with Gasteiger partial charge in [-0.3, -0.25) is 0 Å². The van der Waals surface area contributed by atoms with E-state index in [1.54, 1.807) is 30.3 Å². The molecule has 5 heteroatoms. The fourth-order valence-electron chi connectivity index (χ4n) is 1.74. The molecule has 0 amide bonds. The molecule has 122 valence electrons. The zero-order valence-electron chi connectivity index (χ0n) is 12.9. The van der Waals surface area contributed by atoms with Crippen LogP contribution in [0.25, 0.3) is 0 Å². The Balaban J connectivity index is 1.97. The van der Waals surface area contributed by atoms with E-state index in [0.29, 0.717) is 29.4 Å². The minimum atomic E-state index is -0.557. The maximum absolute atomic E-state index is 12.1. The number of hydrogen-bond acceptors (Lipinski definition) is 5. The minimum Gasteiger partial charge on any atom is -0.490 e. The van der Waals surface area contributed by atoms with Crippen LogP contribution in [0.2, 0.25) is 0 Å². The molecule has 24 heavy (non-hydrogen) atoms. The van der Waals surface area contributed by atoms with E-state index in [1.807, 2.05) is 0 Å². The SMILES string of the molecule is C=CCOc1ccc(C(=O)Oc2ccc(OC(=O)C=C)cc2)cc1. The van der Waals surface area contributed by atoms with Crippen molar-refractivity contribution in [3.63, 3.8) is 0 Å². The summed E-state index contributed by atoms with van der Waals surface area (Å²) < 4.78 is 15.5. The highest BCUT2D eigenvalue weighted by Crippen LogP contribution is 2.20. The highest BCUT2D eigenvalue weighted by atomic mass is 16.5. The summed E-state index contributed by atoms with van der Waals surface area (Å²) in [7, 11) is 0. The van der Waals surface area contributed by atoms with Crippen LogP contribution in [0.1, 0.15) is 10.4 Å². The molecule has 0 aliphatic heterocycles. The van der Waals surface area contributed by atoms with Crippen LogP contribution in [0, 0.1) is 0 Å². The van der Waals surface area contributed by atoms with Crippen molar-refractivity contribution in [2.75, 3.05) is 6.61 Å². The van der Waals surface area contributed by atoms with Crippen molar-refractivity contribution in [1.29, 1.82) is 0 Å². The molecule has 0 radical (unpaired) electrons. The van der Waals surface area contributed by atoms with Gasteiger partial charge >= 0.3 is 11.9 Å². The molecule has 0 saturated carbocycles. The molecular weight excluding hydrogens is 308 g/mol. The average Bonchev–Trinajstić information content (AvgIpc) is 2.61. The fourth-order valence-corrected chi connectivity index (χ4v) is 1.74. The Morgan fingerprint density at radius 3 is 1.92 bits per heavy atom. The molecule has 2 aromatic carbocycles. The van der Waals surface area contributed by atoms with Gasteiger partial charge in [0.25, 0.3) is 0 Å². The number of carbonyl (C=O) groups is 2. The first kappa shape index (κ1) is 17.0. The summed E-state index contributed by atoms with van der Waals surface area (Å²) in [4.78, 5) is 23.2. The normalized spacial score (nSPS) is 9.67. The van der Waals surface area contributed by atoms with Gasteiger partial charge in [0.2, 0.25) is 0 Å². The van der Waals surface area contributed by atoms with Gasteiger partial charge in [0.15, 0.2) is 0 Å². The Morgan fingerprint density at radius 1 is 0.833 bits per heavy atom. The Kier molecular flexibility index (Phi) is 5.91. The predicted molar refractivity (Wildman–Crippen MR) is 89.4 cm³/mol. The van der Waals surface area contributed by atoms with E-state index in [0.717, 1.165) is 6.08 Å². The largest absolute Gasteiger partial charge is 0.490 e. The van der Waals surface area contributed by atoms with Crippen molar-refractivity contribution in [2.45, 2.75) is 0 Å². The summed E-state index contributed by atoms with van der Waals surface area (Å²) in [5.74, 6) is 0.258. The topological polar surface area (TPSA) is 61.8 Å². The second-order valence-electron chi connectivity index (χ2n) is 4.61. The summed E-state index contributed by atoms with van der Waals surface area (Å²) in [6.45, 7) is 7.27. The molecule has 0 saturated heterocycles. The molecule has 0 N–H and O–H groups in total. The molecule has 0 aliphatic carbocycles. The maximum atomic E-state index is 12.1. The number of hydrogen-bond donors (Lipinski definition) is 0. The molecule has 0 bridgehead atoms. The predicted octanol–water partition coefficient (Wildman–Crippen LogP) is 3.56. The summed E-state index contributed by atoms with van der Waals surface area (Å²) in [5.41, 5.74) is 0.392. The van der Waals surface area contributed by atoms with E-state index in [2.05, 4.69) is 13.2 Å². The molecule has 2 rings (SSSR count).